The Morgan fingerprint density at radius 1 is 0.561 bits per heavy atom. The topological polar surface area (TPSA) is 132 Å². The Balaban J connectivity index is 2.07. The van der Waals surface area contributed by atoms with E-state index in [9.17, 15) is 14.2 Å². The van der Waals surface area contributed by atoms with Crippen molar-refractivity contribution in [3.8, 4) is 0 Å². The zero-order valence-corrected chi connectivity index (χ0v) is 37.1. The summed E-state index contributed by atoms with van der Waals surface area (Å²) in [6.07, 6.45) is 50.0. The average Bonchev–Trinajstić information content (AvgIpc) is 3.94. The summed E-state index contributed by atoms with van der Waals surface area (Å²) in [6.45, 7) is 3.61. The minimum atomic E-state index is -4.78. The Morgan fingerprint density at radius 3 is 1.60 bits per heavy atom. The molecule has 1 fully saturated rings. The van der Waals surface area contributed by atoms with Crippen molar-refractivity contribution in [1.29, 1.82) is 0 Å². The summed E-state index contributed by atoms with van der Waals surface area (Å²) in [5, 5.41) is 0. The van der Waals surface area contributed by atoms with E-state index in [-0.39, 0.29) is 31.7 Å². The fraction of sp³-hybridized carbons (Fsp3) is 0.787. The van der Waals surface area contributed by atoms with Crippen LogP contribution in [0.25, 0.3) is 0 Å². The highest BCUT2D eigenvalue weighted by Gasteiger charge is 2.36. The van der Waals surface area contributed by atoms with Crippen LogP contribution >= 0.6 is 7.82 Å². The molecule has 2 unspecified atom stereocenters. The van der Waals surface area contributed by atoms with Gasteiger partial charge in [-0.15, -0.1) is 0 Å². The molecule has 0 saturated carbocycles. The summed E-state index contributed by atoms with van der Waals surface area (Å²) in [5.74, 6) is -0.959. The molecule has 10 heteroatoms. The molecule has 3 atom stereocenters. The van der Waals surface area contributed by atoms with Crippen LogP contribution < -0.4 is 0 Å². The van der Waals surface area contributed by atoms with Crippen LogP contribution in [0, 0.1) is 0 Å². The van der Waals surface area contributed by atoms with Crippen molar-refractivity contribution >= 4 is 19.8 Å². The number of unbranched alkanes of at least 4 members (excludes halogenated alkanes) is 20. The van der Waals surface area contributed by atoms with Crippen molar-refractivity contribution in [2.24, 2.45) is 0 Å². The van der Waals surface area contributed by atoms with Crippen LogP contribution in [-0.2, 0) is 32.9 Å². The number of hydrogen-bond donors (Lipinski definition) is 2. The maximum Gasteiger partial charge on any atom is 0.469 e. The van der Waals surface area contributed by atoms with Crippen molar-refractivity contribution in [3.05, 3.63) is 48.6 Å². The molecule has 0 aromatic carbocycles. The number of phosphoric ester groups is 1. The molecule has 1 heterocycles. The molecular formula is C47H83O9P. The molecule has 0 bridgehead atoms. The van der Waals surface area contributed by atoms with Crippen molar-refractivity contribution < 1.29 is 42.7 Å². The lowest BCUT2D eigenvalue weighted by molar-refractivity contribution is -0.161. The summed E-state index contributed by atoms with van der Waals surface area (Å²) in [7, 11) is -4.78. The van der Waals surface area contributed by atoms with E-state index >= 15 is 0 Å². The summed E-state index contributed by atoms with van der Waals surface area (Å²) < 4.78 is 32.2. The first-order valence-corrected chi connectivity index (χ1v) is 24.6. The average molecular weight is 823 g/mol. The van der Waals surface area contributed by atoms with Gasteiger partial charge < -0.3 is 24.0 Å². The smallest absolute Gasteiger partial charge is 0.462 e. The Bertz CT molecular complexity index is 1130. The number of carbonyl (C=O) groups is 2. The molecule has 57 heavy (non-hydrogen) atoms. The van der Waals surface area contributed by atoms with Gasteiger partial charge in [0.1, 0.15) is 6.61 Å². The second-order valence-electron chi connectivity index (χ2n) is 15.8. The number of phosphoric acid groups is 1. The first-order chi connectivity index (χ1) is 27.7. The number of rotatable bonds is 41. The van der Waals surface area contributed by atoms with Crippen LogP contribution in [0.1, 0.15) is 206 Å². The molecule has 0 amide bonds. The van der Waals surface area contributed by atoms with Gasteiger partial charge in [0.2, 0.25) is 0 Å². The van der Waals surface area contributed by atoms with Crippen LogP contribution in [0.5, 0.6) is 0 Å². The minimum Gasteiger partial charge on any atom is -0.462 e. The lowest BCUT2D eigenvalue weighted by atomic mass is 10.0. The molecule has 0 radical (unpaired) electrons. The van der Waals surface area contributed by atoms with Crippen molar-refractivity contribution in [2.75, 3.05) is 13.2 Å². The predicted molar refractivity (Wildman–Crippen MR) is 234 cm³/mol. The molecule has 0 aromatic rings. The lowest BCUT2D eigenvalue weighted by Crippen LogP contribution is -2.29. The zero-order chi connectivity index (χ0) is 41.5. The Hall–Kier alpha value is -2.03. The van der Waals surface area contributed by atoms with Gasteiger partial charge in [-0.25, -0.2) is 4.57 Å². The molecule has 2 N–H and O–H groups in total. The summed E-state index contributed by atoms with van der Waals surface area (Å²) >= 11 is 0. The molecule has 1 aliphatic heterocycles. The highest BCUT2D eigenvalue weighted by molar-refractivity contribution is 7.46. The van der Waals surface area contributed by atoms with Crippen LogP contribution in [-0.4, -0.2) is 53.3 Å². The molecule has 0 spiro atoms. The van der Waals surface area contributed by atoms with Gasteiger partial charge >= 0.3 is 19.8 Å². The summed E-state index contributed by atoms with van der Waals surface area (Å²) in [5.41, 5.74) is 0. The van der Waals surface area contributed by atoms with E-state index in [2.05, 4.69) is 67.0 Å². The van der Waals surface area contributed by atoms with Crippen LogP contribution in [0.3, 0.4) is 0 Å². The maximum atomic E-state index is 12.5. The van der Waals surface area contributed by atoms with Crippen LogP contribution in [0.4, 0.5) is 0 Å². The predicted octanol–water partition coefficient (Wildman–Crippen LogP) is 13.3. The monoisotopic (exact) mass is 823 g/mol. The van der Waals surface area contributed by atoms with Gasteiger partial charge in [0.25, 0.3) is 0 Å². The third kappa shape index (κ3) is 38.0. The number of hydrogen-bond acceptors (Lipinski definition) is 7. The van der Waals surface area contributed by atoms with Crippen molar-refractivity contribution in [2.45, 2.75) is 225 Å². The quantitative estimate of drug-likeness (QED) is 0.0203. The number of epoxide rings is 1. The van der Waals surface area contributed by atoms with E-state index in [1.54, 1.807) is 0 Å². The number of esters is 2. The fourth-order valence-corrected chi connectivity index (χ4v) is 7.05. The van der Waals surface area contributed by atoms with E-state index in [0.29, 0.717) is 19.3 Å². The highest BCUT2D eigenvalue weighted by Crippen LogP contribution is 2.36. The zero-order valence-electron chi connectivity index (χ0n) is 36.2. The molecule has 1 aliphatic rings. The molecule has 1 rings (SSSR count). The normalized spacial score (nSPS) is 16.4. The van der Waals surface area contributed by atoms with Gasteiger partial charge in [-0.1, -0.05) is 165 Å². The summed E-state index contributed by atoms with van der Waals surface area (Å²) in [6, 6.07) is 0. The number of carbonyl (C=O) groups excluding carboxylic acids is 2. The second kappa shape index (κ2) is 38.2. The second-order valence-corrected chi connectivity index (χ2v) is 17.0. The molecule has 330 valence electrons. The van der Waals surface area contributed by atoms with E-state index in [0.717, 1.165) is 44.9 Å². The molecule has 0 aliphatic carbocycles. The Morgan fingerprint density at radius 2 is 1.02 bits per heavy atom. The van der Waals surface area contributed by atoms with E-state index < -0.39 is 32.5 Å². The third-order valence-corrected chi connectivity index (χ3v) is 10.7. The Kier molecular flexibility index (Phi) is 35.5. The minimum absolute atomic E-state index is 0.113. The van der Waals surface area contributed by atoms with E-state index in [1.165, 1.54) is 116 Å². The number of allylic oxidation sites excluding steroid dienone is 7. The van der Waals surface area contributed by atoms with Crippen LogP contribution in [0.2, 0.25) is 0 Å². The highest BCUT2D eigenvalue weighted by atomic mass is 31.2. The lowest BCUT2D eigenvalue weighted by Gasteiger charge is -2.18. The van der Waals surface area contributed by atoms with Gasteiger partial charge in [0.05, 0.1) is 18.8 Å². The molecule has 9 nitrogen and oxygen atoms in total. The molecule has 1 saturated heterocycles. The molecule has 0 aromatic heterocycles. The fourth-order valence-electron chi connectivity index (χ4n) is 6.69. The maximum absolute atomic E-state index is 12.5. The molecular weight excluding hydrogens is 739 g/mol. The van der Waals surface area contributed by atoms with Gasteiger partial charge in [0.15, 0.2) is 6.10 Å². The SMILES string of the molecule is CCCCC/C=C\C/C=C\C/C=C\CC1OC1CCCC(=O)O[C@H](COC(=O)CCCCCCCCCCCCC/C=C\CCCCCCCC)COP(=O)(O)O. The first kappa shape index (κ1) is 53.0. The Labute approximate surface area is 348 Å². The van der Waals surface area contributed by atoms with Gasteiger partial charge in [0, 0.05) is 12.8 Å². The third-order valence-electron chi connectivity index (χ3n) is 10.2. The van der Waals surface area contributed by atoms with Crippen molar-refractivity contribution in [3.63, 3.8) is 0 Å². The van der Waals surface area contributed by atoms with Crippen LogP contribution in [0.15, 0.2) is 48.6 Å². The van der Waals surface area contributed by atoms with Gasteiger partial charge in [-0.05, 0) is 77.0 Å². The van der Waals surface area contributed by atoms with Gasteiger partial charge in [-0.3, -0.25) is 14.1 Å². The first-order valence-electron chi connectivity index (χ1n) is 23.1. The summed E-state index contributed by atoms with van der Waals surface area (Å²) in [4.78, 5) is 43.1. The largest absolute Gasteiger partial charge is 0.469 e. The number of ether oxygens (including phenoxy) is 3. The van der Waals surface area contributed by atoms with E-state index in [1.807, 2.05) is 0 Å². The van der Waals surface area contributed by atoms with E-state index in [4.69, 9.17) is 24.0 Å². The van der Waals surface area contributed by atoms with Crippen molar-refractivity contribution in [1.82, 2.24) is 0 Å². The standard InChI is InChI=1S/C47H83O9P/c1-3-5-7-9-11-13-15-17-18-19-20-21-22-23-24-25-27-29-31-33-35-39-46(48)53-41-43(42-54-57(50,51)52)55-47(49)40-36-38-45-44(56-45)37-34-32-30-28-26-16-14-12-10-8-6-4-2/h12,14,17-18,26,28,32,34,43-45H,3-11,13,15-16,19-25,27,29-31,33,35-42H2,1-2H3,(H2,50,51,52)/b14-12-,18-17-,28-26-,34-32-/t43-,44?,45?/m1/s1. The van der Waals surface area contributed by atoms with Gasteiger partial charge in [-0.2, -0.15) is 0 Å².